The lowest BCUT2D eigenvalue weighted by Crippen LogP contribution is -2.38. The molecule has 1 atom stereocenters. The Hall–Kier alpha value is -4.93. The monoisotopic (exact) mass is 724 g/mol. The third-order valence-corrected chi connectivity index (χ3v) is 8.82. The first-order valence-corrected chi connectivity index (χ1v) is 17.8. The van der Waals surface area contributed by atoms with Crippen molar-refractivity contribution >= 4 is 33.6 Å². The van der Waals surface area contributed by atoms with Gasteiger partial charge in [-0.2, -0.15) is 0 Å². The minimum atomic E-state index is -3.91. The highest BCUT2D eigenvalue weighted by molar-refractivity contribution is 7.92. The summed E-state index contributed by atoms with van der Waals surface area (Å²) in [4.78, 5) is 25.9. The fraction of sp³-hybridized carbons (Fsp3) is 0.333. The molecule has 1 unspecified atom stereocenters. The van der Waals surface area contributed by atoms with Crippen molar-refractivity contribution in [3.8, 4) is 11.1 Å². The van der Waals surface area contributed by atoms with Crippen LogP contribution in [0.15, 0.2) is 108 Å². The molecule has 0 aromatic heterocycles. The molecule has 0 radical (unpaired) electrons. The Balaban J connectivity index is 1.22. The number of carbonyl (C=O) groups is 2. The van der Waals surface area contributed by atoms with Gasteiger partial charge in [0.2, 0.25) is 0 Å². The van der Waals surface area contributed by atoms with Gasteiger partial charge in [0.15, 0.2) is 6.23 Å². The molecule has 0 fully saturated rings. The van der Waals surface area contributed by atoms with E-state index in [4.69, 9.17) is 23.7 Å². The lowest BCUT2D eigenvalue weighted by Gasteiger charge is -2.31. The number of carbonyl (C=O) groups excluding carboxylic acids is 1. The number of ether oxygens (including phenoxy) is 5. The lowest BCUT2D eigenvalue weighted by atomic mass is 10.1. The van der Waals surface area contributed by atoms with Gasteiger partial charge in [-0.1, -0.05) is 60.7 Å². The molecule has 274 valence electrons. The second-order valence-corrected chi connectivity index (χ2v) is 12.8. The number of anilines is 2. The fourth-order valence-corrected chi connectivity index (χ4v) is 6.25. The van der Waals surface area contributed by atoms with Gasteiger partial charge in [0.05, 0.1) is 51.1 Å². The number of rotatable bonds is 21. The molecule has 14 nitrogen and oxygen atoms in total. The van der Waals surface area contributed by atoms with Gasteiger partial charge < -0.3 is 44.3 Å². The van der Waals surface area contributed by atoms with E-state index in [9.17, 15) is 23.1 Å². The van der Waals surface area contributed by atoms with Crippen LogP contribution in [0.25, 0.3) is 11.1 Å². The summed E-state index contributed by atoms with van der Waals surface area (Å²) in [6.45, 7) is 3.43. The summed E-state index contributed by atoms with van der Waals surface area (Å²) in [6.07, 6.45) is 3.48. The first-order valence-electron chi connectivity index (χ1n) is 16.3. The maximum absolute atomic E-state index is 13.3. The maximum Gasteiger partial charge on any atom is 0.507 e. The van der Waals surface area contributed by atoms with Crippen LogP contribution in [0, 0.1) is 0 Å². The Bertz CT molecular complexity index is 1700. The van der Waals surface area contributed by atoms with Crippen molar-refractivity contribution < 1.29 is 46.8 Å². The predicted octanol–water partition coefficient (Wildman–Crippen LogP) is 5.14. The topological polar surface area (TPSA) is 174 Å². The summed E-state index contributed by atoms with van der Waals surface area (Å²) >= 11 is 0. The van der Waals surface area contributed by atoms with Gasteiger partial charge in [-0.25, -0.2) is 18.0 Å². The number of methoxy groups -OCH3 is 1. The minimum Gasteiger partial charge on any atom is -0.450 e. The first-order chi connectivity index (χ1) is 24.7. The van der Waals surface area contributed by atoms with Crippen LogP contribution in [0.5, 0.6) is 0 Å². The molecule has 3 aromatic carbocycles. The quantitative estimate of drug-likeness (QED) is 0.0847. The van der Waals surface area contributed by atoms with Crippen LogP contribution < -0.4 is 15.4 Å². The zero-order valence-electron chi connectivity index (χ0n) is 28.4. The van der Waals surface area contributed by atoms with E-state index in [1.807, 2.05) is 42.5 Å². The molecule has 15 heteroatoms. The van der Waals surface area contributed by atoms with Crippen LogP contribution >= 0.6 is 0 Å². The van der Waals surface area contributed by atoms with E-state index in [2.05, 4.69) is 15.4 Å². The first kappa shape index (κ1) is 38.9. The Morgan fingerprint density at radius 1 is 0.824 bits per heavy atom. The summed E-state index contributed by atoms with van der Waals surface area (Å²) < 4.78 is 55.6. The molecule has 0 spiro atoms. The number of nitrogens with one attached hydrogen (secondary N) is 3. The van der Waals surface area contributed by atoms with Crippen molar-refractivity contribution in [1.29, 1.82) is 0 Å². The average Bonchev–Trinajstić information content (AvgIpc) is 3.13. The highest BCUT2D eigenvalue weighted by Gasteiger charge is 2.22. The smallest absolute Gasteiger partial charge is 0.450 e. The highest BCUT2D eigenvalue weighted by Crippen LogP contribution is 2.29. The fourth-order valence-electron chi connectivity index (χ4n) is 4.96. The van der Waals surface area contributed by atoms with E-state index in [0.717, 1.165) is 11.1 Å². The largest absolute Gasteiger partial charge is 0.507 e. The summed E-state index contributed by atoms with van der Waals surface area (Å²) in [5.74, 6) is 0. The Kier molecular flexibility index (Phi) is 15.8. The number of nitrogens with zero attached hydrogens (tertiary/aromatic N) is 1. The van der Waals surface area contributed by atoms with Crippen molar-refractivity contribution in [2.24, 2.45) is 0 Å². The molecule has 1 aliphatic heterocycles. The van der Waals surface area contributed by atoms with E-state index in [-0.39, 0.29) is 24.5 Å². The maximum atomic E-state index is 13.3. The normalized spacial score (nSPS) is 13.3. The number of urea groups is 1. The van der Waals surface area contributed by atoms with Crippen LogP contribution in [0.4, 0.5) is 21.0 Å². The van der Waals surface area contributed by atoms with E-state index in [1.165, 1.54) is 0 Å². The second kappa shape index (κ2) is 20.7. The average molecular weight is 725 g/mol. The van der Waals surface area contributed by atoms with Gasteiger partial charge in [0.25, 0.3) is 10.0 Å². The van der Waals surface area contributed by atoms with Gasteiger partial charge in [-0.15, -0.1) is 0 Å². The van der Waals surface area contributed by atoms with E-state index in [1.54, 1.807) is 66.7 Å². The van der Waals surface area contributed by atoms with E-state index in [0.29, 0.717) is 63.1 Å². The number of carboxylic acid groups (broad SMARTS) is 1. The minimum absolute atomic E-state index is 0.147. The number of benzene rings is 3. The van der Waals surface area contributed by atoms with Gasteiger partial charge >= 0.3 is 12.2 Å². The zero-order valence-corrected chi connectivity index (χ0v) is 29.2. The number of hydrogen-bond donors (Lipinski definition) is 4. The van der Waals surface area contributed by atoms with Crippen molar-refractivity contribution in [3.05, 3.63) is 103 Å². The predicted molar refractivity (Wildman–Crippen MR) is 192 cm³/mol. The molecule has 4 N–H and O–H groups in total. The number of sulfonamides is 1. The Morgan fingerprint density at radius 3 is 2.14 bits per heavy atom. The molecule has 1 aliphatic rings. The molecule has 0 saturated carbocycles. The summed E-state index contributed by atoms with van der Waals surface area (Å²) in [6, 6.07) is 21.8. The van der Waals surface area contributed by atoms with Crippen molar-refractivity contribution in [2.45, 2.75) is 17.5 Å². The molecule has 3 aromatic rings. The Morgan fingerprint density at radius 2 is 1.45 bits per heavy atom. The molecular weight excluding hydrogens is 680 g/mol. The third-order valence-electron chi connectivity index (χ3n) is 7.38. The third kappa shape index (κ3) is 13.4. The van der Waals surface area contributed by atoms with Crippen molar-refractivity contribution in [2.75, 3.05) is 76.5 Å². The summed E-state index contributed by atoms with van der Waals surface area (Å²) in [5.41, 5.74) is 2.87. The molecule has 0 bridgehead atoms. The molecule has 2 amide bonds. The summed E-state index contributed by atoms with van der Waals surface area (Å²) in [5, 5.41) is 14.8. The van der Waals surface area contributed by atoms with Crippen LogP contribution in [0.1, 0.15) is 6.42 Å². The van der Waals surface area contributed by atoms with Gasteiger partial charge in [-0.05, 0) is 41.5 Å². The molecule has 1 heterocycles. The standard InChI is InChI=1S/C36H44N4O10S/c1-46-20-21-48-24-25-49-23-22-47-19-17-34(50-36(42)43)40-18-7-8-28(27-40)26-37-35(41)38-30-13-15-31(16-14-30)39-51(44,45)33-12-6-5-11-32(33)29-9-3-2-4-10-29/h2-16,27,34,39H,17-26H2,1H3,(H,42,43)(H2,37,38,41). The SMILES string of the molecule is COCCOCCOCCOCCC(OC(=O)O)N1C=C(CNC(=O)Nc2ccc(NS(=O)(=O)c3ccccc3-c3ccccc3)cc2)C=CC1. The molecule has 0 saturated heterocycles. The molecule has 4 rings (SSSR count). The summed E-state index contributed by atoms with van der Waals surface area (Å²) in [7, 11) is -2.30. The van der Waals surface area contributed by atoms with Gasteiger partial charge in [0, 0.05) is 49.8 Å². The highest BCUT2D eigenvalue weighted by atomic mass is 32.2. The van der Waals surface area contributed by atoms with Crippen LogP contribution in [-0.2, 0) is 33.7 Å². The second-order valence-electron chi connectivity index (χ2n) is 11.1. The van der Waals surface area contributed by atoms with Crippen LogP contribution in [-0.4, -0.2) is 103 Å². The van der Waals surface area contributed by atoms with Crippen molar-refractivity contribution in [3.63, 3.8) is 0 Å². The number of amides is 2. The lowest BCUT2D eigenvalue weighted by molar-refractivity contribution is -0.0373. The van der Waals surface area contributed by atoms with Crippen LogP contribution in [0.3, 0.4) is 0 Å². The van der Waals surface area contributed by atoms with Gasteiger partial charge in [0.1, 0.15) is 0 Å². The number of hydrogen-bond acceptors (Lipinski definition) is 10. The van der Waals surface area contributed by atoms with E-state index < -0.39 is 28.4 Å². The van der Waals surface area contributed by atoms with Crippen LogP contribution in [0.2, 0.25) is 0 Å². The van der Waals surface area contributed by atoms with Crippen molar-refractivity contribution in [1.82, 2.24) is 10.2 Å². The Labute approximate surface area is 298 Å². The molecule has 0 aliphatic carbocycles. The molecule has 51 heavy (non-hydrogen) atoms. The molecular formula is C36H44N4O10S. The zero-order chi connectivity index (χ0) is 36.3. The van der Waals surface area contributed by atoms with E-state index >= 15 is 0 Å². The van der Waals surface area contributed by atoms with Gasteiger partial charge in [-0.3, -0.25) is 4.72 Å².